The average molecular weight is 162 g/mol. The summed E-state index contributed by atoms with van der Waals surface area (Å²) >= 11 is 5.42. The number of aromatic nitrogens is 2. The van der Waals surface area contributed by atoms with Gasteiger partial charge in [-0.15, -0.1) is 0 Å². The van der Waals surface area contributed by atoms with Crippen LogP contribution in [0, 0.1) is 5.82 Å². The van der Waals surface area contributed by atoms with Gasteiger partial charge in [-0.25, -0.2) is 4.98 Å². The van der Waals surface area contributed by atoms with Gasteiger partial charge in [-0.2, -0.15) is 4.39 Å². The summed E-state index contributed by atoms with van der Waals surface area (Å²) in [5.41, 5.74) is 0.392. The maximum atomic E-state index is 12.8. The number of nitrogens with one attached hydrogen (secondary N) is 1. The molecule has 0 aliphatic heterocycles. The molecule has 0 atom stereocenters. The standard InChI is InChI=1S/C6H6ClFN2/c1-2-4-5(8)6(7)10-3-9-4/h3H,2H2,1H3/p+1. The fourth-order valence-corrected chi connectivity index (χ4v) is 0.818. The minimum atomic E-state index is -0.452. The van der Waals surface area contributed by atoms with E-state index in [0.29, 0.717) is 12.1 Å². The zero-order valence-electron chi connectivity index (χ0n) is 5.49. The first-order valence-corrected chi connectivity index (χ1v) is 3.34. The van der Waals surface area contributed by atoms with Crippen LogP contribution in [0.1, 0.15) is 12.6 Å². The molecule has 54 valence electrons. The molecule has 10 heavy (non-hydrogen) atoms. The van der Waals surface area contributed by atoms with Gasteiger partial charge in [0.2, 0.25) is 11.0 Å². The average Bonchev–Trinajstić information content (AvgIpc) is 1.95. The first-order chi connectivity index (χ1) is 4.75. The molecule has 1 N–H and O–H groups in total. The summed E-state index contributed by atoms with van der Waals surface area (Å²) in [6.07, 6.45) is 1.94. The van der Waals surface area contributed by atoms with Gasteiger partial charge in [0, 0.05) is 6.42 Å². The van der Waals surface area contributed by atoms with Crippen LogP contribution in [0.2, 0.25) is 5.15 Å². The predicted octanol–water partition coefficient (Wildman–Crippen LogP) is 1.25. The maximum absolute atomic E-state index is 12.8. The molecule has 0 radical (unpaired) electrons. The number of hydrogen-bond donors (Lipinski definition) is 0. The van der Waals surface area contributed by atoms with Gasteiger partial charge in [0.25, 0.3) is 6.33 Å². The van der Waals surface area contributed by atoms with Gasteiger partial charge in [0.05, 0.1) is 0 Å². The zero-order chi connectivity index (χ0) is 7.56. The molecule has 1 aromatic rings. The van der Waals surface area contributed by atoms with Crippen molar-refractivity contribution in [2.45, 2.75) is 13.3 Å². The maximum Gasteiger partial charge on any atom is 0.285 e. The van der Waals surface area contributed by atoms with Gasteiger partial charge in [0.1, 0.15) is 0 Å². The van der Waals surface area contributed by atoms with E-state index in [0.717, 1.165) is 0 Å². The van der Waals surface area contributed by atoms with E-state index >= 15 is 0 Å². The number of aromatic amines is 1. The van der Waals surface area contributed by atoms with Crippen LogP contribution in [0.25, 0.3) is 0 Å². The molecule has 1 aromatic heterocycles. The lowest BCUT2D eigenvalue weighted by molar-refractivity contribution is -0.383. The second-order valence-electron chi connectivity index (χ2n) is 1.83. The molecule has 0 fully saturated rings. The van der Waals surface area contributed by atoms with Crippen LogP contribution in [0.3, 0.4) is 0 Å². The van der Waals surface area contributed by atoms with Crippen molar-refractivity contribution >= 4 is 11.6 Å². The summed E-state index contributed by atoms with van der Waals surface area (Å²) in [4.78, 5) is 6.20. The molecule has 1 heterocycles. The molecule has 0 saturated carbocycles. The van der Waals surface area contributed by atoms with E-state index in [4.69, 9.17) is 11.6 Å². The summed E-state index contributed by atoms with van der Waals surface area (Å²) in [5, 5.41) is 0.0202. The number of H-pyrrole nitrogens is 1. The fraction of sp³-hybridized carbons (Fsp3) is 0.333. The van der Waals surface area contributed by atoms with Gasteiger partial charge < -0.3 is 0 Å². The quantitative estimate of drug-likeness (QED) is 0.570. The van der Waals surface area contributed by atoms with Crippen molar-refractivity contribution in [2.75, 3.05) is 0 Å². The second kappa shape index (κ2) is 2.92. The Kier molecular flexibility index (Phi) is 2.17. The third kappa shape index (κ3) is 1.24. The molecule has 0 unspecified atom stereocenters. The van der Waals surface area contributed by atoms with Gasteiger partial charge in [-0.1, -0.05) is 11.9 Å². The van der Waals surface area contributed by atoms with Crippen molar-refractivity contribution in [3.63, 3.8) is 0 Å². The Balaban J connectivity index is 3.14. The Morgan fingerprint density at radius 2 is 2.50 bits per heavy atom. The van der Waals surface area contributed by atoms with E-state index in [9.17, 15) is 4.39 Å². The minimum absolute atomic E-state index is 0.0202. The van der Waals surface area contributed by atoms with Crippen LogP contribution < -0.4 is 4.98 Å². The number of nitrogens with zero attached hydrogens (tertiary/aromatic N) is 1. The third-order valence-corrected chi connectivity index (χ3v) is 1.47. The molecule has 0 aromatic carbocycles. The lowest BCUT2D eigenvalue weighted by Gasteiger charge is -1.89. The summed E-state index contributed by atoms with van der Waals surface area (Å²) in [6, 6.07) is 0. The van der Waals surface area contributed by atoms with Gasteiger partial charge in [-0.05, 0) is 11.6 Å². The molecule has 2 nitrogen and oxygen atoms in total. The number of aryl methyl sites for hydroxylation is 1. The highest BCUT2D eigenvalue weighted by atomic mass is 35.5. The largest absolute Gasteiger partial charge is 0.285 e. The highest BCUT2D eigenvalue weighted by Gasteiger charge is 2.12. The molecule has 0 aliphatic rings. The third-order valence-electron chi connectivity index (χ3n) is 1.19. The van der Waals surface area contributed by atoms with Crippen molar-refractivity contribution in [3.05, 3.63) is 23.0 Å². The van der Waals surface area contributed by atoms with Crippen LogP contribution in [0.15, 0.2) is 6.33 Å². The second-order valence-corrected chi connectivity index (χ2v) is 2.21. The molecule has 0 amide bonds. The Morgan fingerprint density at radius 1 is 1.80 bits per heavy atom. The fourth-order valence-electron chi connectivity index (χ4n) is 0.660. The number of rotatable bonds is 1. The van der Waals surface area contributed by atoms with Crippen molar-refractivity contribution in [2.24, 2.45) is 0 Å². The van der Waals surface area contributed by atoms with E-state index in [1.807, 2.05) is 6.92 Å². The van der Waals surface area contributed by atoms with Gasteiger partial charge in [0.15, 0.2) is 5.69 Å². The molecular formula is C6H7ClFN2+. The van der Waals surface area contributed by atoms with E-state index in [1.54, 1.807) is 0 Å². The van der Waals surface area contributed by atoms with E-state index in [2.05, 4.69) is 9.97 Å². The molecule has 0 saturated heterocycles. The molecule has 1 rings (SSSR count). The number of halogens is 2. The SMILES string of the molecule is CCc1nc[nH+]c(Cl)c1F. The molecule has 4 heteroatoms. The number of hydrogen-bond acceptors (Lipinski definition) is 1. The van der Waals surface area contributed by atoms with E-state index in [-0.39, 0.29) is 5.15 Å². The highest BCUT2D eigenvalue weighted by molar-refractivity contribution is 6.28. The highest BCUT2D eigenvalue weighted by Crippen LogP contribution is 2.09. The van der Waals surface area contributed by atoms with E-state index in [1.165, 1.54) is 6.33 Å². The summed E-state index contributed by atoms with van der Waals surface area (Å²) in [6.45, 7) is 1.82. The zero-order valence-corrected chi connectivity index (χ0v) is 6.24. The first-order valence-electron chi connectivity index (χ1n) is 2.96. The lowest BCUT2D eigenvalue weighted by atomic mass is 10.3. The predicted molar refractivity (Wildman–Crippen MR) is 35.1 cm³/mol. The smallest absolute Gasteiger partial charge is 0.231 e. The van der Waals surface area contributed by atoms with Crippen LogP contribution in [0.5, 0.6) is 0 Å². The molecule has 0 bridgehead atoms. The summed E-state index contributed by atoms with van der Waals surface area (Å²) in [5.74, 6) is -0.452. The van der Waals surface area contributed by atoms with Crippen molar-refractivity contribution < 1.29 is 9.37 Å². The topological polar surface area (TPSA) is 27.0 Å². The van der Waals surface area contributed by atoms with E-state index < -0.39 is 5.82 Å². The lowest BCUT2D eigenvalue weighted by Crippen LogP contribution is -2.09. The monoisotopic (exact) mass is 161 g/mol. The van der Waals surface area contributed by atoms with Crippen molar-refractivity contribution in [1.29, 1.82) is 0 Å². The van der Waals surface area contributed by atoms with Gasteiger partial charge >= 0.3 is 0 Å². The summed E-state index contributed by atoms with van der Waals surface area (Å²) in [7, 11) is 0. The Hall–Kier alpha value is -0.700. The minimum Gasteiger partial charge on any atom is -0.231 e. The normalized spacial score (nSPS) is 9.90. The van der Waals surface area contributed by atoms with Crippen molar-refractivity contribution in [1.82, 2.24) is 4.98 Å². The Labute approximate surface area is 63.1 Å². The Morgan fingerprint density at radius 3 is 3.00 bits per heavy atom. The molecule has 0 spiro atoms. The van der Waals surface area contributed by atoms with Crippen LogP contribution in [-0.4, -0.2) is 4.98 Å². The first kappa shape index (κ1) is 7.41. The van der Waals surface area contributed by atoms with Crippen LogP contribution in [0.4, 0.5) is 4.39 Å². The molecular weight excluding hydrogens is 155 g/mol. The summed E-state index contributed by atoms with van der Waals surface area (Å²) < 4.78 is 12.8. The van der Waals surface area contributed by atoms with Gasteiger partial charge in [-0.3, -0.25) is 0 Å². The van der Waals surface area contributed by atoms with Crippen molar-refractivity contribution in [3.8, 4) is 0 Å². The van der Waals surface area contributed by atoms with Crippen LogP contribution in [-0.2, 0) is 6.42 Å². The molecule has 0 aliphatic carbocycles. The van der Waals surface area contributed by atoms with Crippen LogP contribution >= 0.6 is 11.6 Å². The Bertz CT molecular complexity index is 239.